The summed E-state index contributed by atoms with van der Waals surface area (Å²) < 4.78 is 0. The zero-order chi connectivity index (χ0) is 11.8. The lowest BCUT2D eigenvalue weighted by Gasteiger charge is -2.25. The van der Waals surface area contributed by atoms with Crippen molar-refractivity contribution in [3.8, 4) is 0 Å². The molecule has 0 radical (unpaired) electrons. The Kier molecular flexibility index (Phi) is 2.63. The second kappa shape index (κ2) is 4.15. The Balaban J connectivity index is 1.89. The van der Waals surface area contributed by atoms with E-state index in [0.717, 1.165) is 31.5 Å². The molecule has 0 saturated carbocycles. The fourth-order valence-electron chi connectivity index (χ4n) is 2.96. The molecule has 1 N–H and O–H groups in total. The first-order valence-corrected chi connectivity index (χ1v) is 6.42. The van der Waals surface area contributed by atoms with Crippen molar-refractivity contribution in [2.24, 2.45) is 0 Å². The molecular formula is C14H18N2O. The number of carbonyl (C=O) groups excluding carboxylic acids is 1. The minimum atomic E-state index is 0.0311. The number of hydrogen-bond acceptors (Lipinski definition) is 2. The van der Waals surface area contributed by atoms with Crippen LogP contribution < -0.4 is 10.2 Å². The quantitative estimate of drug-likeness (QED) is 0.796. The standard InChI is InChI=1S/C14H18N2O/c1-10-9-11-5-2-3-7-13(11)16(10)14(17)12-6-4-8-15-12/h2-3,5,7,10,12,15H,4,6,8-9H2,1H3. The van der Waals surface area contributed by atoms with Crippen LogP contribution in [0.3, 0.4) is 0 Å². The summed E-state index contributed by atoms with van der Waals surface area (Å²) in [7, 11) is 0. The Hall–Kier alpha value is -1.35. The third-order valence-corrected chi connectivity index (χ3v) is 3.80. The second-order valence-corrected chi connectivity index (χ2v) is 5.04. The summed E-state index contributed by atoms with van der Waals surface area (Å²) in [4.78, 5) is 14.5. The predicted octanol–water partition coefficient (Wildman–Crippen LogP) is 1.72. The van der Waals surface area contributed by atoms with Gasteiger partial charge in [0.25, 0.3) is 0 Å². The minimum Gasteiger partial charge on any atom is -0.308 e. The SMILES string of the molecule is CC1Cc2ccccc2N1C(=O)C1CCCN1. The van der Waals surface area contributed by atoms with Gasteiger partial charge in [0.05, 0.1) is 6.04 Å². The number of carbonyl (C=O) groups is 1. The van der Waals surface area contributed by atoms with Crippen LogP contribution in [-0.4, -0.2) is 24.5 Å². The average Bonchev–Trinajstić information content (AvgIpc) is 2.94. The predicted molar refractivity (Wildman–Crippen MR) is 68.1 cm³/mol. The van der Waals surface area contributed by atoms with Crippen molar-refractivity contribution in [3.05, 3.63) is 29.8 Å². The summed E-state index contributed by atoms with van der Waals surface area (Å²) in [6.45, 7) is 3.10. The molecule has 0 aliphatic carbocycles. The number of anilines is 1. The van der Waals surface area contributed by atoms with Crippen LogP contribution in [0.4, 0.5) is 5.69 Å². The zero-order valence-corrected chi connectivity index (χ0v) is 10.1. The van der Waals surface area contributed by atoms with Crippen LogP contribution in [0.5, 0.6) is 0 Å². The highest BCUT2D eigenvalue weighted by atomic mass is 16.2. The van der Waals surface area contributed by atoms with E-state index < -0.39 is 0 Å². The number of nitrogens with zero attached hydrogens (tertiary/aromatic N) is 1. The molecule has 3 rings (SSSR count). The van der Waals surface area contributed by atoms with Crippen molar-refractivity contribution in [1.29, 1.82) is 0 Å². The molecule has 2 aliphatic heterocycles. The summed E-state index contributed by atoms with van der Waals surface area (Å²) in [6.07, 6.45) is 3.07. The maximum atomic E-state index is 12.5. The molecule has 90 valence electrons. The largest absolute Gasteiger partial charge is 0.308 e. The van der Waals surface area contributed by atoms with Crippen LogP contribution in [0, 0.1) is 0 Å². The van der Waals surface area contributed by atoms with Gasteiger partial charge in [0.15, 0.2) is 0 Å². The number of hydrogen-bond donors (Lipinski definition) is 1. The van der Waals surface area contributed by atoms with E-state index in [1.807, 2.05) is 17.0 Å². The number of fused-ring (bicyclic) bond motifs is 1. The van der Waals surface area contributed by atoms with E-state index >= 15 is 0 Å². The number of para-hydroxylation sites is 1. The van der Waals surface area contributed by atoms with E-state index in [1.165, 1.54) is 5.56 Å². The summed E-state index contributed by atoms with van der Waals surface area (Å²) in [5.74, 6) is 0.250. The van der Waals surface area contributed by atoms with Gasteiger partial charge >= 0.3 is 0 Å². The van der Waals surface area contributed by atoms with E-state index in [-0.39, 0.29) is 11.9 Å². The van der Waals surface area contributed by atoms with Crippen molar-refractivity contribution in [2.45, 2.75) is 38.3 Å². The van der Waals surface area contributed by atoms with Crippen LogP contribution in [0.1, 0.15) is 25.3 Å². The highest BCUT2D eigenvalue weighted by Crippen LogP contribution is 2.32. The normalized spacial score (nSPS) is 27.2. The lowest BCUT2D eigenvalue weighted by molar-refractivity contribution is -0.120. The van der Waals surface area contributed by atoms with Crippen LogP contribution in [-0.2, 0) is 11.2 Å². The van der Waals surface area contributed by atoms with Gasteiger partial charge in [-0.15, -0.1) is 0 Å². The monoisotopic (exact) mass is 230 g/mol. The fourth-order valence-corrected chi connectivity index (χ4v) is 2.96. The third kappa shape index (κ3) is 1.75. The molecular weight excluding hydrogens is 212 g/mol. The van der Waals surface area contributed by atoms with Gasteiger partial charge in [-0.1, -0.05) is 18.2 Å². The van der Waals surface area contributed by atoms with Crippen molar-refractivity contribution in [1.82, 2.24) is 5.32 Å². The lowest BCUT2D eigenvalue weighted by Crippen LogP contribution is -2.46. The van der Waals surface area contributed by atoms with Crippen LogP contribution in [0.2, 0.25) is 0 Å². The van der Waals surface area contributed by atoms with Crippen LogP contribution in [0.25, 0.3) is 0 Å². The molecule has 1 aromatic carbocycles. The first-order chi connectivity index (χ1) is 8.27. The van der Waals surface area contributed by atoms with E-state index in [1.54, 1.807) is 0 Å². The smallest absolute Gasteiger partial charge is 0.244 e. The van der Waals surface area contributed by atoms with Gasteiger partial charge in [-0.25, -0.2) is 0 Å². The molecule has 0 bridgehead atoms. The van der Waals surface area contributed by atoms with E-state index in [9.17, 15) is 4.79 Å². The first-order valence-electron chi connectivity index (χ1n) is 6.42. The molecule has 2 aliphatic rings. The first kappa shape index (κ1) is 10.8. The van der Waals surface area contributed by atoms with E-state index in [2.05, 4.69) is 24.4 Å². The molecule has 0 spiro atoms. The molecule has 3 nitrogen and oxygen atoms in total. The summed E-state index contributed by atoms with van der Waals surface area (Å²) in [5, 5.41) is 3.29. The van der Waals surface area contributed by atoms with Crippen LogP contribution >= 0.6 is 0 Å². The molecule has 0 aromatic heterocycles. The van der Waals surface area contributed by atoms with Gasteiger partial charge in [0.1, 0.15) is 0 Å². The van der Waals surface area contributed by atoms with Crippen molar-refractivity contribution < 1.29 is 4.79 Å². The van der Waals surface area contributed by atoms with Crippen molar-refractivity contribution in [3.63, 3.8) is 0 Å². The van der Waals surface area contributed by atoms with Crippen molar-refractivity contribution >= 4 is 11.6 Å². The molecule has 2 heterocycles. The molecule has 3 heteroatoms. The molecule has 1 amide bonds. The van der Waals surface area contributed by atoms with Gasteiger partial charge in [0.2, 0.25) is 5.91 Å². The fraction of sp³-hybridized carbons (Fsp3) is 0.500. The Morgan fingerprint density at radius 1 is 1.41 bits per heavy atom. The van der Waals surface area contributed by atoms with Crippen LogP contribution in [0.15, 0.2) is 24.3 Å². The Labute approximate surface area is 102 Å². The molecule has 17 heavy (non-hydrogen) atoms. The van der Waals surface area contributed by atoms with Gasteiger partial charge in [0, 0.05) is 11.7 Å². The molecule has 2 atom stereocenters. The average molecular weight is 230 g/mol. The number of rotatable bonds is 1. The lowest BCUT2D eigenvalue weighted by atomic mass is 10.1. The Morgan fingerprint density at radius 3 is 3.00 bits per heavy atom. The Morgan fingerprint density at radius 2 is 2.24 bits per heavy atom. The van der Waals surface area contributed by atoms with E-state index in [4.69, 9.17) is 0 Å². The highest BCUT2D eigenvalue weighted by Gasteiger charge is 2.35. The summed E-state index contributed by atoms with van der Waals surface area (Å²) >= 11 is 0. The topological polar surface area (TPSA) is 32.3 Å². The molecule has 1 fully saturated rings. The molecule has 2 unspecified atom stereocenters. The zero-order valence-electron chi connectivity index (χ0n) is 10.1. The van der Waals surface area contributed by atoms with Gasteiger partial charge in [-0.05, 0) is 44.4 Å². The maximum Gasteiger partial charge on any atom is 0.244 e. The molecule has 1 aromatic rings. The third-order valence-electron chi connectivity index (χ3n) is 3.80. The number of benzene rings is 1. The highest BCUT2D eigenvalue weighted by molar-refractivity contribution is 5.99. The van der Waals surface area contributed by atoms with Gasteiger partial charge < -0.3 is 10.2 Å². The van der Waals surface area contributed by atoms with Crippen molar-refractivity contribution in [2.75, 3.05) is 11.4 Å². The summed E-state index contributed by atoms with van der Waals surface area (Å²) in [5.41, 5.74) is 2.41. The Bertz CT molecular complexity index is 438. The maximum absolute atomic E-state index is 12.5. The van der Waals surface area contributed by atoms with Gasteiger partial charge in [-0.2, -0.15) is 0 Å². The van der Waals surface area contributed by atoms with E-state index in [0.29, 0.717) is 6.04 Å². The second-order valence-electron chi connectivity index (χ2n) is 5.04. The molecule has 1 saturated heterocycles. The number of nitrogens with one attached hydrogen (secondary N) is 1. The van der Waals surface area contributed by atoms with Gasteiger partial charge in [-0.3, -0.25) is 4.79 Å². The summed E-state index contributed by atoms with van der Waals surface area (Å²) in [6, 6.07) is 8.57. The minimum absolute atomic E-state index is 0.0311. The number of amides is 1.